The smallest absolute Gasteiger partial charge is 0.418 e. The minimum absolute atomic E-state index is 0.0188. The number of amidine groups is 2. The summed E-state index contributed by atoms with van der Waals surface area (Å²) in [4.78, 5) is 105. The number of ether oxygens (including phenoxy) is 4. The number of nitrogens with zero attached hydrogens (tertiary/aromatic N) is 6. The molecule has 2 unspecified atom stereocenters. The zero-order valence-corrected chi connectivity index (χ0v) is 67.5. The number of nitrogens with one attached hydrogen (secondary N) is 2. The van der Waals surface area contributed by atoms with Crippen LogP contribution < -0.4 is 15.4 Å². The van der Waals surface area contributed by atoms with Crippen molar-refractivity contribution in [2.45, 2.75) is 307 Å². The fourth-order valence-electron chi connectivity index (χ4n) is 13.8. The summed E-state index contributed by atoms with van der Waals surface area (Å²) < 4.78 is 95.4. The van der Waals surface area contributed by atoms with Crippen LogP contribution in [0.1, 0.15) is 283 Å². The van der Waals surface area contributed by atoms with Crippen molar-refractivity contribution >= 4 is 96.3 Å². The van der Waals surface area contributed by atoms with Gasteiger partial charge in [-0.2, -0.15) is 0 Å². The molecule has 109 heavy (non-hydrogen) atoms. The Labute approximate surface area is 646 Å². The van der Waals surface area contributed by atoms with Gasteiger partial charge in [0, 0.05) is 24.8 Å². The fourth-order valence-corrected chi connectivity index (χ4v) is 17.0. The van der Waals surface area contributed by atoms with Gasteiger partial charge in [0.15, 0.2) is 35.0 Å². The molecule has 2 N–H and O–H groups in total. The minimum Gasteiger partial charge on any atom is -0.493 e. The highest BCUT2D eigenvalue weighted by Gasteiger charge is 2.57. The van der Waals surface area contributed by atoms with Crippen LogP contribution in [0, 0.1) is 12.7 Å². The highest BCUT2D eigenvalue weighted by molar-refractivity contribution is 7.90. The molecule has 4 aromatic rings. The molecule has 4 aliphatic rings. The molecule has 23 nitrogen and oxygen atoms in total. The van der Waals surface area contributed by atoms with Gasteiger partial charge in [-0.25, -0.2) is 55.4 Å². The molecule has 0 bridgehead atoms. The number of benzene rings is 4. The van der Waals surface area contributed by atoms with Gasteiger partial charge >= 0.3 is 18.2 Å². The Kier molecular flexibility index (Phi) is 35.0. The zero-order valence-electron chi connectivity index (χ0n) is 65.9. The van der Waals surface area contributed by atoms with E-state index in [0.29, 0.717) is 34.8 Å². The standard InChI is InChI=1S/C42H61FN4O7S.C41H58N4O8S/c1-5-7-9-10-11-12-13-14-15-16-17-18-19-20-21-24-29-46-38(44-35-25-22-23-26-36(35)55(46,51)52)37(47-40(49)42(3,4)54-41(47)50)39(48)45-34-28-27-32(31-33(34)43)53-30-8-6-2;1-6-7-8-9-10-11-12-13-14-15-16-17-18-19-20-23-28-44-36(42-32-24-21-22-25-34(32)54(44,50)51)35(45-39(48)41(3,4)53-40(45)49)37(46)43-33-29-31(38(47)52-5)27-26-30(33)2/h22-23,25-28,31,37H,5-21,24,29-30H2,1-4H3,(H,45,48);21-22,24-27,29,35H,6-20,23,28H2,1-5H3,(H,43,46). The first-order valence-electron chi connectivity index (χ1n) is 40.0. The molecule has 0 aromatic heterocycles. The quantitative estimate of drug-likeness (QED) is 0.0236. The van der Waals surface area contributed by atoms with E-state index in [1.165, 1.54) is 225 Å². The number of carbonyl (C=O) groups is 7. The Morgan fingerprint density at radius 3 is 1.18 bits per heavy atom. The second kappa shape index (κ2) is 43.4. The Bertz CT molecular complexity index is 4010. The maximum Gasteiger partial charge on any atom is 0.418 e. The lowest BCUT2D eigenvalue weighted by atomic mass is 10.0. The fraction of sp³-hybridized carbons (Fsp3) is 0.602. The van der Waals surface area contributed by atoms with Gasteiger partial charge in [0.1, 0.15) is 21.4 Å². The van der Waals surface area contributed by atoms with Gasteiger partial charge in [-0.05, 0) is 108 Å². The van der Waals surface area contributed by atoms with E-state index in [2.05, 4.69) is 34.5 Å². The van der Waals surface area contributed by atoms with Crippen LogP contribution in [-0.2, 0) is 53.4 Å². The molecule has 4 aliphatic heterocycles. The van der Waals surface area contributed by atoms with Crippen molar-refractivity contribution in [3.05, 3.63) is 102 Å². The number of hydrogen-bond donors (Lipinski definition) is 2. The van der Waals surface area contributed by atoms with Crippen LogP contribution in [0.2, 0.25) is 0 Å². The summed E-state index contributed by atoms with van der Waals surface area (Å²) in [6.45, 7) is 14.1. The monoisotopic (exact) mass is 1550 g/mol. The van der Waals surface area contributed by atoms with E-state index in [0.717, 1.165) is 78.9 Å². The van der Waals surface area contributed by atoms with Gasteiger partial charge in [-0.1, -0.05) is 250 Å². The number of aliphatic imine (C=N–C) groups is 2. The number of esters is 1. The summed E-state index contributed by atoms with van der Waals surface area (Å²) in [5.74, 6) is -5.45. The number of rotatable bonds is 47. The van der Waals surface area contributed by atoms with Crippen LogP contribution >= 0.6 is 0 Å². The van der Waals surface area contributed by atoms with Crippen LogP contribution in [0.3, 0.4) is 0 Å². The maximum atomic E-state index is 15.3. The largest absolute Gasteiger partial charge is 0.493 e. The third kappa shape index (κ3) is 24.6. The Morgan fingerprint density at radius 1 is 0.477 bits per heavy atom. The summed E-state index contributed by atoms with van der Waals surface area (Å²) in [7, 11) is -7.30. The lowest BCUT2D eigenvalue weighted by molar-refractivity contribution is -0.137. The molecule has 600 valence electrons. The van der Waals surface area contributed by atoms with E-state index in [9.17, 15) is 50.4 Å². The number of para-hydroxylation sites is 2. The van der Waals surface area contributed by atoms with E-state index in [1.807, 2.05) is 6.92 Å². The van der Waals surface area contributed by atoms with Crippen molar-refractivity contribution in [3.63, 3.8) is 0 Å². The van der Waals surface area contributed by atoms with Crippen molar-refractivity contribution < 1.29 is 73.7 Å². The first-order valence-corrected chi connectivity index (χ1v) is 42.9. The number of aryl methyl sites for hydroxylation is 1. The number of sulfonamides is 2. The first-order chi connectivity index (χ1) is 52.2. The van der Waals surface area contributed by atoms with Crippen molar-refractivity contribution in [2.75, 3.05) is 37.4 Å². The predicted molar refractivity (Wildman–Crippen MR) is 423 cm³/mol. The van der Waals surface area contributed by atoms with E-state index in [-0.39, 0.29) is 68.6 Å². The highest BCUT2D eigenvalue weighted by Crippen LogP contribution is 2.39. The first kappa shape index (κ1) is 88.0. The molecule has 2 fully saturated rings. The summed E-state index contributed by atoms with van der Waals surface area (Å²) in [5, 5.41) is 5.19. The molecular weight excluding hydrogens is 1430 g/mol. The minimum atomic E-state index is -4.28. The number of anilines is 2. The van der Waals surface area contributed by atoms with Gasteiger partial charge in [0.2, 0.25) is 0 Å². The van der Waals surface area contributed by atoms with Crippen LogP contribution in [0.25, 0.3) is 0 Å². The number of cyclic esters (lactones) is 2. The Balaban J connectivity index is 0.000000303. The number of amides is 6. The topological polar surface area (TPSA) is 286 Å². The van der Waals surface area contributed by atoms with Crippen molar-refractivity contribution in [2.24, 2.45) is 9.98 Å². The van der Waals surface area contributed by atoms with E-state index in [1.54, 1.807) is 37.3 Å². The van der Waals surface area contributed by atoms with Gasteiger partial charge in [-0.15, -0.1) is 0 Å². The van der Waals surface area contributed by atoms with Crippen molar-refractivity contribution in [1.29, 1.82) is 0 Å². The van der Waals surface area contributed by atoms with Gasteiger partial charge < -0.3 is 29.6 Å². The van der Waals surface area contributed by atoms with Crippen LogP contribution in [0.5, 0.6) is 5.75 Å². The molecule has 26 heteroatoms. The number of hydrogen-bond acceptors (Lipinski definition) is 17. The average molecular weight is 1550 g/mol. The second-order valence-electron chi connectivity index (χ2n) is 29.9. The zero-order chi connectivity index (χ0) is 79.2. The Morgan fingerprint density at radius 2 is 0.835 bits per heavy atom. The molecule has 2 saturated heterocycles. The number of imide groups is 2. The third-order valence-electron chi connectivity index (χ3n) is 20.2. The molecule has 0 saturated carbocycles. The van der Waals surface area contributed by atoms with E-state index < -0.39 is 90.9 Å². The molecule has 4 heterocycles. The number of halogens is 1. The van der Waals surface area contributed by atoms with Gasteiger partial charge in [0.05, 0.1) is 36.3 Å². The summed E-state index contributed by atoms with van der Waals surface area (Å²) >= 11 is 0. The number of methoxy groups -OCH3 is 1. The maximum absolute atomic E-state index is 15.3. The molecule has 4 aromatic carbocycles. The molecule has 8 rings (SSSR count). The van der Waals surface area contributed by atoms with Crippen molar-refractivity contribution in [3.8, 4) is 5.75 Å². The van der Waals surface area contributed by atoms with Gasteiger partial charge in [0.25, 0.3) is 43.7 Å². The number of unbranched alkanes of at least 4 members (excludes halogenated alkanes) is 31. The SMILES string of the molecule is CCCCCCCCCCCCCCCCCCN1C(C(C(=O)Nc2cc(C(=O)OC)ccc2C)N2C(=O)OC(C)(C)C2=O)=Nc2ccccc2S1(=O)=O.CCCCCCCCCCCCCCCCCCN1C(C(C(=O)Nc2ccc(OCCCC)cc2F)N2C(=O)OC(C)(C)C2=O)=Nc2ccccc2S1(=O)=O. The number of carbonyl (C=O) groups excluding carboxylic acids is 7. The van der Waals surface area contributed by atoms with Crippen LogP contribution in [0.4, 0.5) is 36.7 Å². The summed E-state index contributed by atoms with van der Waals surface area (Å²) in [5.41, 5.74) is -2.43. The van der Waals surface area contributed by atoms with Crippen LogP contribution in [-0.4, -0.2) is 139 Å². The predicted octanol–water partition coefficient (Wildman–Crippen LogP) is 18.9. The van der Waals surface area contributed by atoms with E-state index in [4.69, 9.17) is 18.9 Å². The molecule has 0 radical (unpaired) electrons. The lowest BCUT2D eigenvalue weighted by Crippen LogP contribution is -2.59. The molecular formula is C83H119FN8O15S2. The normalized spacial score (nSPS) is 16.4. The molecule has 6 amide bonds. The number of fused-ring (bicyclic) bond motifs is 2. The van der Waals surface area contributed by atoms with Crippen LogP contribution in [0.15, 0.2) is 105 Å². The Hall–Kier alpha value is -8.26. The highest BCUT2D eigenvalue weighted by atomic mass is 32.2. The second-order valence-corrected chi connectivity index (χ2v) is 33.6. The lowest BCUT2D eigenvalue weighted by Gasteiger charge is -2.35. The molecule has 2 atom stereocenters. The third-order valence-corrected chi connectivity index (χ3v) is 23.9. The van der Waals surface area contributed by atoms with Gasteiger partial charge in [-0.3, -0.25) is 27.8 Å². The average Bonchev–Trinajstić information content (AvgIpc) is 1.73. The van der Waals surface area contributed by atoms with E-state index >= 15 is 4.39 Å². The summed E-state index contributed by atoms with van der Waals surface area (Å²) in [6, 6.07) is 17.0. The molecule has 0 aliphatic carbocycles. The van der Waals surface area contributed by atoms with Crippen molar-refractivity contribution in [1.82, 2.24) is 18.4 Å². The summed E-state index contributed by atoms with van der Waals surface area (Å²) in [6.07, 6.45) is 36.5. The molecule has 0 spiro atoms.